The molecule has 0 atom stereocenters. The van der Waals surface area contributed by atoms with Crippen molar-refractivity contribution >= 4 is 5.78 Å². The number of aromatic nitrogens is 4. The Labute approximate surface area is 148 Å². The van der Waals surface area contributed by atoms with Crippen LogP contribution in [0.25, 0.3) is 16.9 Å². The maximum absolute atomic E-state index is 12.9. The summed E-state index contributed by atoms with van der Waals surface area (Å²) in [6.45, 7) is 0.271. The van der Waals surface area contributed by atoms with E-state index in [0.29, 0.717) is 17.4 Å². The number of fused-ring (bicyclic) bond motifs is 1. The molecule has 0 spiro atoms. The van der Waals surface area contributed by atoms with Gasteiger partial charge in [0.05, 0.1) is 12.8 Å². The minimum atomic E-state index is -0.297. The fraction of sp³-hybridized carbons (Fsp3) is 0.105. The number of pyridine rings is 1. The topological polar surface area (TPSA) is 61.5 Å². The predicted molar refractivity (Wildman–Crippen MR) is 93.5 cm³/mol. The van der Waals surface area contributed by atoms with Crippen molar-refractivity contribution in [3.63, 3.8) is 0 Å². The Balaban J connectivity index is 1.56. The summed E-state index contributed by atoms with van der Waals surface area (Å²) in [6.07, 6.45) is 7.23. The van der Waals surface area contributed by atoms with Crippen molar-refractivity contribution < 1.29 is 13.9 Å². The molecule has 0 aliphatic carbocycles. The van der Waals surface area contributed by atoms with Gasteiger partial charge in [0.2, 0.25) is 11.7 Å². The zero-order chi connectivity index (χ0) is 17.9. The molecule has 3 aromatic heterocycles. The molecule has 0 saturated heterocycles. The van der Waals surface area contributed by atoms with Gasteiger partial charge in [-0.15, -0.1) is 0 Å². The van der Waals surface area contributed by atoms with Gasteiger partial charge in [-0.2, -0.15) is 0 Å². The fourth-order valence-electron chi connectivity index (χ4n) is 2.54. The van der Waals surface area contributed by atoms with Crippen molar-refractivity contribution in [1.29, 1.82) is 0 Å². The molecule has 0 saturated carbocycles. The number of benzene rings is 1. The molecule has 0 amide bonds. The van der Waals surface area contributed by atoms with Crippen molar-refractivity contribution in [1.82, 2.24) is 19.4 Å². The van der Waals surface area contributed by atoms with Crippen LogP contribution >= 0.6 is 0 Å². The van der Waals surface area contributed by atoms with Gasteiger partial charge in [-0.25, -0.2) is 19.3 Å². The second-order valence-corrected chi connectivity index (χ2v) is 5.61. The summed E-state index contributed by atoms with van der Waals surface area (Å²) in [6, 6.07) is 9.61. The first kappa shape index (κ1) is 16.0. The van der Waals surface area contributed by atoms with Gasteiger partial charge in [0.1, 0.15) is 18.2 Å². The minimum Gasteiger partial charge on any atom is -0.487 e. The van der Waals surface area contributed by atoms with Crippen LogP contribution in [-0.2, 0) is 6.61 Å². The first-order chi connectivity index (χ1) is 12.7. The van der Waals surface area contributed by atoms with Crippen LogP contribution in [0.2, 0.25) is 0 Å². The molecule has 0 unspecified atom stereocenters. The van der Waals surface area contributed by atoms with Gasteiger partial charge in [0.25, 0.3) is 0 Å². The molecule has 4 aromatic rings. The molecule has 3 heterocycles. The first-order valence-corrected chi connectivity index (χ1v) is 7.94. The van der Waals surface area contributed by atoms with Gasteiger partial charge >= 0.3 is 0 Å². The van der Waals surface area contributed by atoms with Crippen LogP contribution in [0.1, 0.15) is 5.69 Å². The molecular formula is C19H15FN4O2. The monoisotopic (exact) mass is 350 g/mol. The molecule has 7 heteroatoms. The smallest absolute Gasteiger partial charge is 0.234 e. The number of imidazole rings is 1. The van der Waals surface area contributed by atoms with E-state index in [-0.39, 0.29) is 12.4 Å². The number of ether oxygens (including phenoxy) is 2. The minimum absolute atomic E-state index is 0.271. The Kier molecular flexibility index (Phi) is 4.18. The van der Waals surface area contributed by atoms with Gasteiger partial charge in [-0.05, 0) is 35.9 Å². The molecule has 4 rings (SSSR count). The number of hydrogen-bond acceptors (Lipinski definition) is 5. The van der Waals surface area contributed by atoms with E-state index in [9.17, 15) is 4.39 Å². The van der Waals surface area contributed by atoms with Crippen LogP contribution in [-0.4, -0.2) is 26.5 Å². The Morgan fingerprint density at radius 2 is 1.88 bits per heavy atom. The third-order valence-electron chi connectivity index (χ3n) is 3.84. The van der Waals surface area contributed by atoms with Crippen LogP contribution in [0.15, 0.2) is 61.2 Å². The van der Waals surface area contributed by atoms with E-state index < -0.39 is 0 Å². The number of rotatable bonds is 5. The third kappa shape index (κ3) is 3.32. The predicted octanol–water partition coefficient (Wildman–Crippen LogP) is 3.52. The number of nitrogens with zero attached hydrogens (tertiary/aromatic N) is 4. The molecule has 0 N–H and O–H groups in total. The lowest BCUT2D eigenvalue weighted by molar-refractivity contribution is 0.301. The number of hydrogen-bond donors (Lipinski definition) is 0. The molecule has 0 radical (unpaired) electrons. The lowest BCUT2D eigenvalue weighted by Gasteiger charge is -2.04. The Hall–Kier alpha value is -3.48. The Morgan fingerprint density at radius 3 is 2.69 bits per heavy atom. The number of halogens is 1. The summed E-state index contributed by atoms with van der Waals surface area (Å²) >= 11 is 0. The summed E-state index contributed by atoms with van der Waals surface area (Å²) in [5, 5.41) is 0. The molecule has 1 aromatic carbocycles. The molecule has 0 fully saturated rings. The highest BCUT2D eigenvalue weighted by Crippen LogP contribution is 2.22. The van der Waals surface area contributed by atoms with Crippen molar-refractivity contribution in [3.05, 3.63) is 72.7 Å². The standard InChI is InChI=1S/C19H15FN4O2/c1-25-18-8-13(6-7-21-18)14-9-22-19-23-16(11-24(19)10-14)12-26-17-4-2-15(20)3-5-17/h2-11H,12H2,1H3. The molecule has 0 aliphatic heterocycles. The van der Waals surface area contributed by atoms with Crippen molar-refractivity contribution in [3.8, 4) is 22.8 Å². The zero-order valence-electron chi connectivity index (χ0n) is 14.0. The van der Waals surface area contributed by atoms with Crippen molar-refractivity contribution in [2.45, 2.75) is 6.61 Å². The summed E-state index contributed by atoms with van der Waals surface area (Å²) < 4.78 is 25.5. The van der Waals surface area contributed by atoms with Crippen LogP contribution in [0.5, 0.6) is 11.6 Å². The van der Waals surface area contributed by atoms with E-state index in [1.54, 1.807) is 31.6 Å². The highest BCUT2D eigenvalue weighted by molar-refractivity contribution is 5.63. The quantitative estimate of drug-likeness (QED) is 0.551. The molecular weight excluding hydrogens is 335 g/mol. The fourth-order valence-corrected chi connectivity index (χ4v) is 2.54. The van der Waals surface area contributed by atoms with Gasteiger partial charge in [0.15, 0.2) is 0 Å². The van der Waals surface area contributed by atoms with E-state index >= 15 is 0 Å². The lowest BCUT2D eigenvalue weighted by Crippen LogP contribution is -1.95. The molecule has 6 nitrogen and oxygen atoms in total. The van der Waals surface area contributed by atoms with Crippen molar-refractivity contribution in [2.75, 3.05) is 7.11 Å². The molecule has 26 heavy (non-hydrogen) atoms. The average molecular weight is 350 g/mol. The van der Waals surface area contributed by atoms with Gasteiger partial charge in [-0.3, -0.25) is 4.40 Å². The van der Waals surface area contributed by atoms with Gasteiger partial charge < -0.3 is 9.47 Å². The van der Waals surface area contributed by atoms with E-state index in [1.165, 1.54) is 12.1 Å². The van der Waals surface area contributed by atoms with E-state index in [0.717, 1.165) is 16.8 Å². The van der Waals surface area contributed by atoms with Crippen molar-refractivity contribution in [2.24, 2.45) is 0 Å². The highest BCUT2D eigenvalue weighted by atomic mass is 19.1. The lowest BCUT2D eigenvalue weighted by atomic mass is 10.1. The number of methoxy groups -OCH3 is 1. The van der Waals surface area contributed by atoms with Crippen LogP contribution in [0.3, 0.4) is 0 Å². The summed E-state index contributed by atoms with van der Waals surface area (Å²) in [4.78, 5) is 12.9. The molecule has 0 aliphatic rings. The summed E-state index contributed by atoms with van der Waals surface area (Å²) in [5.41, 5.74) is 2.59. The first-order valence-electron chi connectivity index (χ1n) is 7.94. The normalized spacial score (nSPS) is 10.8. The van der Waals surface area contributed by atoms with E-state index in [2.05, 4.69) is 15.0 Å². The van der Waals surface area contributed by atoms with E-state index in [4.69, 9.17) is 9.47 Å². The SMILES string of the molecule is COc1cc(-c2cnc3nc(COc4ccc(F)cc4)cn3c2)ccn1. The summed E-state index contributed by atoms with van der Waals surface area (Å²) in [5.74, 6) is 1.41. The van der Waals surface area contributed by atoms with Crippen LogP contribution in [0, 0.1) is 5.82 Å². The van der Waals surface area contributed by atoms with Crippen LogP contribution < -0.4 is 9.47 Å². The molecule has 0 bridgehead atoms. The van der Waals surface area contributed by atoms with Crippen LogP contribution in [0.4, 0.5) is 4.39 Å². The van der Waals surface area contributed by atoms with Gasteiger partial charge in [0, 0.05) is 36.4 Å². The van der Waals surface area contributed by atoms with Gasteiger partial charge in [-0.1, -0.05) is 0 Å². The largest absolute Gasteiger partial charge is 0.487 e. The zero-order valence-corrected chi connectivity index (χ0v) is 14.0. The average Bonchev–Trinajstić information content (AvgIpc) is 3.09. The van der Waals surface area contributed by atoms with E-state index in [1.807, 2.05) is 28.9 Å². The Morgan fingerprint density at radius 1 is 1.04 bits per heavy atom. The maximum Gasteiger partial charge on any atom is 0.234 e. The molecule has 130 valence electrons. The summed E-state index contributed by atoms with van der Waals surface area (Å²) in [7, 11) is 1.58. The highest BCUT2D eigenvalue weighted by Gasteiger charge is 2.07. The maximum atomic E-state index is 12.9. The third-order valence-corrected chi connectivity index (χ3v) is 3.84. The second kappa shape index (κ2) is 6.79. The Bertz CT molecular complexity index is 1050. The second-order valence-electron chi connectivity index (χ2n) is 5.61.